The molecule has 0 bridgehead atoms. The molecule has 1 aromatic heterocycles. The van der Waals surface area contributed by atoms with Crippen LogP contribution in [0, 0.1) is 0 Å². The number of imide groups is 2. The van der Waals surface area contributed by atoms with E-state index in [0.717, 1.165) is 9.37 Å². The number of halogens is 1. The number of hydrogen-bond donors (Lipinski definition) is 1. The van der Waals surface area contributed by atoms with Gasteiger partial charge in [0.2, 0.25) is 0 Å². The van der Waals surface area contributed by atoms with Gasteiger partial charge in [-0.15, -0.1) is 0 Å². The number of carbonyl (C=O) groups is 3. The first-order chi connectivity index (χ1) is 10.6. The van der Waals surface area contributed by atoms with Crippen LogP contribution < -0.4 is 10.2 Å². The summed E-state index contributed by atoms with van der Waals surface area (Å²) in [5, 5.41) is 2.14. The molecule has 4 amide bonds. The molecule has 1 aliphatic rings. The molecule has 110 valence electrons. The average molecular weight is 361 g/mol. The first-order valence-electron chi connectivity index (χ1n) is 6.27. The predicted octanol–water partition coefficient (Wildman–Crippen LogP) is 2.71. The summed E-state index contributed by atoms with van der Waals surface area (Å²) in [5.41, 5.74) is 0.195. The van der Waals surface area contributed by atoms with E-state index in [4.69, 9.17) is 4.42 Å². The zero-order valence-corrected chi connectivity index (χ0v) is 12.7. The van der Waals surface area contributed by atoms with E-state index in [1.54, 1.807) is 36.4 Å². The second kappa shape index (κ2) is 5.61. The highest BCUT2D eigenvalue weighted by atomic mass is 79.9. The zero-order chi connectivity index (χ0) is 15.7. The van der Waals surface area contributed by atoms with Crippen LogP contribution >= 0.6 is 15.9 Å². The van der Waals surface area contributed by atoms with Crippen molar-refractivity contribution in [3.05, 3.63) is 58.5 Å². The Bertz CT molecular complexity index is 778. The highest BCUT2D eigenvalue weighted by molar-refractivity contribution is 9.10. The third-order valence-corrected chi connectivity index (χ3v) is 3.54. The van der Waals surface area contributed by atoms with Crippen molar-refractivity contribution < 1.29 is 18.8 Å². The predicted molar refractivity (Wildman–Crippen MR) is 81.9 cm³/mol. The molecule has 6 nitrogen and oxygen atoms in total. The lowest BCUT2D eigenvalue weighted by Crippen LogP contribution is -2.54. The minimum atomic E-state index is -0.783. The highest BCUT2D eigenvalue weighted by Crippen LogP contribution is 2.23. The van der Waals surface area contributed by atoms with Gasteiger partial charge in [0.1, 0.15) is 11.3 Å². The number of amides is 4. The van der Waals surface area contributed by atoms with Gasteiger partial charge >= 0.3 is 6.03 Å². The highest BCUT2D eigenvalue weighted by Gasteiger charge is 2.36. The fourth-order valence-corrected chi connectivity index (χ4v) is 2.26. The van der Waals surface area contributed by atoms with Gasteiger partial charge in [-0.3, -0.25) is 14.9 Å². The minimum Gasteiger partial charge on any atom is -0.465 e. The number of rotatable bonds is 2. The summed E-state index contributed by atoms with van der Waals surface area (Å²) in [6.45, 7) is 0. The van der Waals surface area contributed by atoms with Gasteiger partial charge in [0.05, 0.1) is 12.0 Å². The monoisotopic (exact) mass is 360 g/mol. The van der Waals surface area contributed by atoms with Gasteiger partial charge < -0.3 is 4.42 Å². The first kappa shape index (κ1) is 14.3. The number of anilines is 1. The van der Waals surface area contributed by atoms with Crippen LogP contribution in [0.25, 0.3) is 6.08 Å². The van der Waals surface area contributed by atoms with E-state index in [-0.39, 0.29) is 5.57 Å². The second-order valence-corrected chi connectivity index (χ2v) is 5.37. The molecule has 0 atom stereocenters. The molecule has 0 saturated carbocycles. The molecule has 1 N–H and O–H groups in total. The summed E-state index contributed by atoms with van der Waals surface area (Å²) in [7, 11) is 0. The number of nitrogens with zero attached hydrogens (tertiary/aromatic N) is 1. The van der Waals surface area contributed by atoms with Crippen molar-refractivity contribution in [2.75, 3.05) is 4.90 Å². The Morgan fingerprint density at radius 1 is 1.09 bits per heavy atom. The summed E-state index contributed by atoms with van der Waals surface area (Å²) in [4.78, 5) is 37.2. The number of nitrogens with one attached hydrogen (secondary N) is 1. The molecule has 0 radical (unpaired) electrons. The van der Waals surface area contributed by atoms with Gasteiger partial charge in [-0.25, -0.2) is 9.69 Å². The summed E-state index contributed by atoms with van der Waals surface area (Å²) >= 11 is 3.28. The van der Waals surface area contributed by atoms with Crippen LogP contribution in [0.1, 0.15) is 5.76 Å². The lowest BCUT2D eigenvalue weighted by molar-refractivity contribution is -0.122. The first-order valence-corrected chi connectivity index (χ1v) is 7.06. The van der Waals surface area contributed by atoms with Crippen molar-refractivity contribution in [2.45, 2.75) is 0 Å². The molecule has 3 rings (SSSR count). The van der Waals surface area contributed by atoms with E-state index in [1.165, 1.54) is 12.3 Å². The molecule has 1 saturated heterocycles. The van der Waals surface area contributed by atoms with Crippen molar-refractivity contribution in [1.82, 2.24) is 5.32 Å². The van der Waals surface area contributed by atoms with E-state index in [1.807, 2.05) is 0 Å². The number of barbiturate groups is 1. The smallest absolute Gasteiger partial charge is 0.335 e. The fraction of sp³-hybridized carbons (Fsp3) is 0. The van der Waals surface area contributed by atoms with Crippen LogP contribution in [0.4, 0.5) is 10.5 Å². The number of carbonyl (C=O) groups excluding carboxylic acids is 3. The lowest BCUT2D eigenvalue weighted by Gasteiger charge is -2.26. The standard InChI is InChI=1S/C15H9BrN2O4/c16-9-3-5-10(6-4-9)18-14(20)12(13(19)17-15(18)21)8-11-2-1-7-22-11/h1-8H,(H,17,19,21)/b12-8-. The van der Waals surface area contributed by atoms with Gasteiger partial charge in [0.25, 0.3) is 11.8 Å². The van der Waals surface area contributed by atoms with Gasteiger partial charge in [-0.2, -0.15) is 0 Å². The molecule has 1 aliphatic heterocycles. The van der Waals surface area contributed by atoms with Crippen molar-refractivity contribution in [3.8, 4) is 0 Å². The molecule has 22 heavy (non-hydrogen) atoms. The maximum Gasteiger partial charge on any atom is 0.335 e. The Kier molecular flexibility index (Phi) is 3.64. The van der Waals surface area contributed by atoms with Gasteiger partial charge in [-0.05, 0) is 42.5 Å². The van der Waals surface area contributed by atoms with Gasteiger partial charge in [-0.1, -0.05) is 15.9 Å². The SMILES string of the molecule is O=C1NC(=O)N(c2ccc(Br)cc2)C(=O)/C1=C\c1ccco1. The van der Waals surface area contributed by atoms with Crippen LogP contribution in [-0.4, -0.2) is 17.8 Å². The Hall–Kier alpha value is -2.67. The van der Waals surface area contributed by atoms with E-state index in [9.17, 15) is 14.4 Å². The summed E-state index contributed by atoms with van der Waals surface area (Å²) in [5.74, 6) is -1.10. The third kappa shape index (κ3) is 2.58. The van der Waals surface area contributed by atoms with E-state index >= 15 is 0 Å². The van der Waals surface area contributed by atoms with Crippen LogP contribution in [0.3, 0.4) is 0 Å². The minimum absolute atomic E-state index is 0.169. The maximum atomic E-state index is 12.5. The van der Waals surface area contributed by atoms with E-state index in [2.05, 4.69) is 21.2 Å². The van der Waals surface area contributed by atoms with Crippen LogP contribution in [0.2, 0.25) is 0 Å². The topological polar surface area (TPSA) is 79.6 Å². The molecule has 0 aliphatic carbocycles. The van der Waals surface area contributed by atoms with Crippen LogP contribution in [0.5, 0.6) is 0 Å². The summed E-state index contributed by atoms with van der Waals surface area (Å²) < 4.78 is 5.91. The Labute approximate surface area is 133 Å². The summed E-state index contributed by atoms with van der Waals surface area (Å²) in [6, 6.07) is 9.05. The molecule has 1 fully saturated rings. The van der Waals surface area contributed by atoms with Crippen molar-refractivity contribution >= 4 is 45.5 Å². The molecule has 7 heteroatoms. The average Bonchev–Trinajstić information content (AvgIpc) is 2.98. The molecular weight excluding hydrogens is 352 g/mol. The van der Waals surface area contributed by atoms with Crippen molar-refractivity contribution in [3.63, 3.8) is 0 Å². The molecule has 0 spiro atoms. The van der Waals surface area contributed by atoms with Crippen molar-refractivity contribution in [2.24, 2.45) is 0 Å². The molecule has 1 aromatic carbocycles. The largest absolute Gasteiger partial charge is 0.465 e. The van der Waals surface area contributed by atoms with E-state index < -0.39 is 17.8 Å². The fourth-order valence-electron chi connectivity index (χ4n) is 2.00. The van der Waals surface area contributed by atoms with Crippen LogP contribution in [-0.2, 0) is 9.59 Å². The Balaban J connectivity index is 2.01. The normalized spacial score (nSPS) is 17.0. The Morgan fingerprint density at radius 2 is 1.82 bits per heavy atom. The van der Waals surface area contributed by atoms with Crippen LogP contribution in [0.15, 0.2) is 57.1 Å². The molecular formula is C15H9BrN2O4. The number of furan rings is 1. The number of hydrogen-bond acceptors (Lipinski definition) is 4. The maximum absolute atomic E-state index is 12.5. The third-order valence-electron chi connectivity index (χ3n) is 3.02. The lowest BCUT2D eigenvalue weighted by atomic mass is 10.1. The molecule has 0 unspecified atom stereocenters. The number of urea groups is 1. The Morgan fingerprint density at radius 3 is 2.45 bits per heavy atom. The molecule has 2 aromatic rings. The van der Waals surface area contributed by atoms with Gasteiger partial charge in [0.15, 0.2) is 0 Å². The van der Waals surface area contributed by atoms with Gasteiger partial charge in [0, 0.05) is 4.47 Å². The van der Waals surface area contributed by atoms with Crippen molar-refractivity contribution in [1.29, 1.82) is 0 Å². The zero-order valence-electron chi connectivity index (χ0n) is 11.1. The van der Waals surface area contributed by atoms with E-state index in [0.29, 0.717) is 11.4 Å². The second-order valence-electron chi connectivity index (χ2n) is 4.45. The number of benzene rings is 1. The quantitative estimate of drug-likeness (QED) is 0.659. The molecule has 2 heterocycles. The summed E-state index contributed by atoms with van der Waals surface area (Å²) in [6.07, 6.45) is 2.73.